The fourth-order valence-electron chi connectivity index (χ4n) is 2.06. The molecule has 3 rings (SSSR count). The van der Waals surface area contributed by atoms with Gasteiger partial charge in [0.1, 0.15) is 10.7 Å². The van der Waals surface area contributed by atoms with Crippen LogP contribution in [-0.4, -0.2) is 31.9 Å². The number of carboxylic acids is 1. The number of hydrogen-bond donors (Lipinski definition) is 2. The van der Waals surface area contributed by atoms with Crippen LogP contribution in [0.1, 0.15) is 25.9 Å². The third-order valence-electron chi connectivity index (χ3n) is 3.17. The van der Waals surface area contributed by atoms with E-state index in [2.05, 4.69) is 20.3 Å². The number of thiazole rings is 1. The van der Waals surface area contributed by atoms with E-state index < -0.39 is 5.97 Å². The summed E-state index contributed by atoms with van der Waals surface area (Å²) in [5.41, 5.74) is 1.05. The van der Waals surface area contributed by atoms with Gasteiger partial charge in [0.15, 0.2) is 0 Å². The maximum absolute atomic E-state index is 11.9. The maximum atomic E-state index is 11.9. The number of carbonyl (C=O) groups excluding carboxylic acids is 1. The first-order valence-electron chi connectivity index (χ1n) is 6.97. The van der Waals surface area contributed by atoms with E-state index in [1.165, 1.54) is 29.9 Å². The summed E-state index contributed by atoms with van der Waals surface area (Å²) in [7, 11) is 0. The number of aromatic carboxylic acids is 1. The third kappa shape index (κ3) is 3.44. The summed E-state index contributed by atoms with van der Waals surface area (Å²) in [6, 6.07) is 6.73. The molecule has 1 aromatic carbocycles. The molecule has 0 saturated carbocycles. The molecule has 1 amide bonds. The van der Waals surface area contributed by atoms with E-state index in [9.17, 15) is 14.7 Å². The predicted molar refractivity (Wildman–Crippen MR) is 87.7 cm³/mol. The molecule has 0 fully saturated rings. The quantitative estimate of drug-likeness (QED) is 0.738. The average molecular weight is 340 g/mol. The van der Waals surface area contributed by atoms with Gasteiger partial charge in [-0.25, -0.2) is 14.8 Å². The molecule has 2 N–H and O–H groups in total. The second kappa shape index (κ2) is 6.97. The molecule has 2 aromatic heterocycles. The molecule has 0 bridgehead atoms. The van der Waals surface area contributed by atoms with E-state index in [-0.39, 0.29) is 23.7 Å². The third-order valence-corrected chi connectivity index (χ3v) is 4.20. The minimum atomic E-state index is -0.989. The van der Waals surface area contributed by atoms with E-state index in [1.807, 2.05) is 0 Å². The highest BCUT2D eigenvalue weighted by atomic mass is 32.1. The smallest absolute Gasteiger partial charge is 0.336 e. The Morgan fingerprint density at radius 2 is 1.96 bits per heavy atom. The Morgan fingerprint density at radius 3 is 2.71 bits per heavy atom. The number of nitrogens with zero attached hydrogens (tertiary/aromatic N) is 3. The van der Waals surface area contributed by atoms with Crippen LogP contribution in [0.3, 0.4) is 0 Å². The second-order valence-corrected chi connectivity index (χ2v) is 5.86. The van der Waals surface area contributed by atoms with Crippen LogP contribution in [0.25, 0.3) is 10.4 Å². The van der Waals surface area contributed by atoms with Gasteiger partial charge >= 0.3 is 5.97 Å². The molecular formula is C16H12N4O3S. The average Bonchev–Trinajstić information content (AvgIpc) is 3.09. The van der Waals surface area contributed by atoms with Crippen LogP contribution in [0, 0.1) is 0 Å². The van der Waals surface area contributed by atoms with Crippen LogP contribution < -0.4 is 5.32 Å². The van der Waals surface area contributed by atoms with Crippen molar-refractivity contribution >= 4 is 23.2 Å². The highest BCUT2D eigenvalue weighted by molar-refractivity contribution is 7.15. The number of hydrogen-bond acceptors (Lipinski definition) is 6. The van der Waals surface area contributed by atoms with E-state index in [4.69, 9.17) is 0 Å². The molecule has 2 heterocycles. The summed E-state index contributed by atoms with van der Waals surface area (Å²) in [4.78, 5) is 35.9. The zero-order chi connectivity index (χ0) is 16.9. The number of nitrogens with one attached hydrogen (secondary N) is 1. The summed E-state index contributed by atoms with van der Waals surface area (Å²) in [5.74, 6) is -1.33. The van der Waals surface area contributed by atoms with Gasteiger partial charge in [0.05, 0.1) is 23.2 Å². The summed E-state index contributed by atoms with van der Waals surface area (Å²) < 4.78 is 0. The molecule has 0 aliphatic rings. The molecule has 0 atom stereocenters. The minimum Gasteiger partial charge on any atom is -0.478 e. The Hall–Kier alpha value is -3.13. The van der Waals surface area contributed by atoms with Gasteiger partial charge in [-0.15, -0.1) is 11.3 Å². The minimum absolute atomic E-state index is 0.219. The molecule has 120 valence electrons. The second-order valence-electron chi connectivity index (χ2n) is 4.74. The lowest BCUT2D eigenvalue weighted by molar-refractivity contribution is 0.0697. The van der Waals surface area contributed by atoms with Crippen molar-refractivity contribution in [2.24, 2.45) is 0 Å². The first kappa shape index (κ1) is 15.8. The van der Waals surface area contributed by atoms with Crippen LogP contribution in [0.5, 0.6) is 0 Å². The fraction of sp³-hybridized carbons (Fsp3) is 0.0625. The molecular weight excluding hydrogens is 328 g/mol. The standard InChI is InChI=1S/C16H12N4O3S/c21-15(12-7-17-5-6-18-12)20-9-14-19-8-13(24-14)10-3-1-2-4-11(10)16(22)23/h1-8H,9H2,(H,20,21)(H,22,23). The first-order valence-corrected chi connectivity index (χ1v) is 7.78. The zero-order valence-electron chi connectivity index (χ0n) is 12.3. The molecule has 7 nitrogen and oxygen atoms in total. The van der Waals surface area contributed by atoms with Crippen molar-refractivity contribution in [3.63, 3.8) is 0 Å². The highest BCUT2D eigenvalue weighted by Gasteiger charge is 2.14. The molecule has 0 spiro atoms. The monoisotopic (exact) mass is 340 g/mol. The molecule has 3 aromatic rings. The predicted octanol–water partition coefficient (Wildman–Crippen LogP) is 2.23. The van der Waals surface area contributed by atoms with Crippen LogP contribution >= 0.6 is 11.3 Å². The topological polar surface area (TPSA) is 105 Å². The number of benzene rings is 1. The number of aromatic nitrogens is 3. The maximum Gasteiger partial charge on any atom is 0.336 e. The Morgan fingerprint density at radius 1 is 1.12 bits per heavy atom. The van der Waals surface area contributed by atoms with Gasteiger partial charge in [0, 0.05) is 24.2 Å². The Kier molecular flexibility index (Phi) is 4.57. The van der Waals surface area contributed by atoms with Crippen molar-refractivity contribution in [1.82, 2.24) is 20.3 Å². The molecule has 8 heteroatoms. The summed E-state index contributed by atoms with van der Waals surface area (Å²) >= 11 is 1.33. The molecule has 24 heavy (non-hydrogen) atoms. The van der Waals surface area contributed by atoms with Gasteiger partial charge in [-0.1, -0.05) is 18.2 Å². The number of amides is 1. The molecule has 0 unspecified atom stereocenters. The highest BCUT2D eigenvalue weighted by Crippen LogP contribution is 2.29. The Labute approximate surface area is 141 Å². The number of carboxylic acid groups (broad SMARTS) is 1. The van der Waals surface area contributed by atoms with Gasteiger partial charge in [-0.3, -0.25) is 9.78 Å². The number of rotatable bonds is 5. The van der Waals surface area contributed by atoms with E-state index in [1.54, 1.807) is 30.5 Å². The van der Waals surface area contributed by atoms with Crippen LogP contribution in [0.2, 0.25) is 0 Å². The van der Waals surface area contributed by atoms with E-state index in [0.717, 1.165) is 4.88 Å². The van der Waals surface area contributed by atoms with Gasteiger partial charge in [-0.2, -0.15) is 0 Å². The van der Waals surface area contributed by atoms with Crippen LogP contribution in [0.15, 0.2) is 49.1 Å². The zero-order valence-corrected chi connectivity index (χ0v) is 13.2. The van der Waals surface area contributed by atoms with Gasteiger partial charge in [0.25, 0.3) is 5.91 Å². The van der Waals surface area contributed by atoms with E-state index in [0.29, 0.717) is 10.6 Å². The summed E-state index contributed by atoms with van der Waals surface area (Å²) in [6.07, 6.45) is 5.92. The molecule has 0 radical (unpaired) electrons. The van der Waals surface area contributed by atoms with Gasteiger partial charge in [-0.05, 0) is 6.07 Å². The molecule has 0 aliphatic heterocycles. The van der Waals surface area contributed by atoms with Crippen LogP contribution in [0.4, 0.5) is 0 Å². The van der Waals surface area contributed by atoms with Crippen molar-refractivity contribution in [2.45, 2.75) is 6.54 Å². The molecule has 0 aliphatic carbocycles. The van der Waals surface area contributed by atoms with Crippen molar-refractivity contribution in [3.8, 4) is 10.4 Å². The Bertz CT molecular complexity index is 880. The summed E-state index contributed by atoms with van der Waals surface area (Å²) in [5, 5.41) is 12.6. The van der Waals surface area contributed by atoms with E-state index >= 15 is 0 Å². The SMILES string of the molecule is O=C(NCc1ncc(-c2ccccc2C(=O)O)s1)c1cnccn1. The van der Waals surface area contributed by atoms with Crippen molar-refractivity contribution in [2.75, 3.05) is 0 Å². The van der Waals surface area contributed by atoms with Gasteiger partial charge in [0.2, 0.25) is 0 Å². The molecule has 0 saturated heterocycles. The largest absolute Gasteiger partial charge is 0.478 e. The lowest BCUT2D eigenvalue weighted by atomic mass is 10.1. The Balaban J connectivity index is 1.73. The first-order chi connectivity index (χ1) is 11.6. The van der Waals surface area contributed by atoms with Crippen molar-refractivity contribution in [1.29, 1.82) is 0 Å². The van der Waals surface area contributed by atoms with Crippen molar-refractivity contribution in [3.05, 3.63) is 65.3 Å². The van der Waals surface area contributed by atoms with Gasteiger partial charge < -0.3 is 10.4 Å². The number of carbonyl (C=O) groups is 2. The normalized spacial score (nSPS) is 10.3. The van der Waals surface area contributed by atoms with Crippen LogP contribution in [-0.2, 0) is 6.54 Å². The summed E-state index contributed by atoms with van der Waals surface area (Å²) in [6.45, 7) is 0.231. The van der Waals surface area contributed by atoms with Crippen molar-refractivity contribution < 1.29 is 14.7 Å². The lowest BCUT2D eigenvalue weighted by Gasteiger charge is -2.02. The fourth-order valence-corrected chi connectivity index (χ4v) is 2.96. The lowest BCUT2D eigenvalue weighted by Crippen LogP contribution is -2.23.